The number of aromatic nitrogens is 1. The number of primary amides is 1. The van der Waals surface area contributed by atoms with Crippen LogP contribution in [0.5, 0.6) is 0 Å². The molecule has 2 amide bonds. The second kappa shape index (κ2) is 8.14. The van der Waals surface area contributed by atoms with Crippen LogP contribution in [0.1, 0.15) is 31.1 Å². The minimum atomic E-state index is -0.530. The monoisotopic (exact) mass is 341 g/mol. The number of pyridine rings is 1. The Kier molecular flexibility index (Phi) is 5.94. The average Bonchev–Trinajstić information content (AvgIpc) is 2.52. The zero-order valence-electron chi connectivity index (χ0n) is 14.6. The summed E-state index contributed by atoms with van der Waals surface area (Å²) in [5.41, 5.74) is 7.84. The number of benzene rings is 1. The highest BCUT2D eigenvalue weighted by atomic mass is 16.1. The van der Waals surface area contributed by atoms with Crippen LogP contribution in [-0.4, -0.2) is 23.3 Å². The van der Waals surface area contributed by atoms with Crippen LogP contribution in [0.25, 0.3) is 0 Å². The number of hydrogen-bond donors (Lipinski definition) is 4. The zero-order valence-corrected chi connectivity index (χ0v) is 14.6. The van der Waals surface area contributed by atoms with E-state index in [1.54, 1.807) is 18.2 Å². The summed E-state index contributed by atoms with van der Waals surface area (Å²) in [6.45, 7) is 6.31. The molecule has 7 heteroatoms. The fraction of sp³-hybridized carbons (Fsp3) is 0.278. The molecule has 0 aliphatic heterocycles. The molecular formula is C18H23N5O2. The van der Waals surface area contributed by atoms with Crippen LogP contribution < -0.4 is 21.7 Å². The first-order valence-electron chi connectivity index (χ1n) is 8.03. The van der Waals surface area contributed by atoms with Crippen LogP contribution in [0.3, 0.4) is 0 Å². The molecule has 1 heterocycles. The molecule has 1 aromatic carbocycles. The highest BCUT2D eigenvalue weighted by Gasteiger charge is 2.11. The number of anilines is 4. The Morgan fingerprint density at radius 2 is 1.92 bits per heavy atom. The number of carbonyl (C=O) groups is 2. The topological polar surface area (TPSA) is 109 Å². The molecule has 25 heavy (non-hydrogen) atoms. The lowest BCUT2D eigenvalue weighted by atomic mass is 10.2. The number of nitrogens with two attached hydrogens (primary N) is 1. The summed E-state index contributed by atoms with van der Waals surface area (Å²) in [4.78, 5) is 27.0. The van der Waals surface area contributed by atoms with Crippen molar-refractivity contribution in [3.8, 4) is 0 Å². The molecule has 0 fully saturated rings. The van der Waals surface area contributed by atoms with E-state index in [0.717, 1.165) is 5.69 Å². The van der Waals surface area contributed by atoms with E-state index in [2.05, 4.69) is 34.8 Å². The van der Waals surface area contributed by atoms with E-state index in [1.165, 1.54) is 13.1 Å². The standard InChI is InChI=1S/C18H23N5O2/c1-11(2)9-20-16-8-17(21-10-15(16)18(19)25)23-14-6-4-5-13(7-14)22-12(3)24/h4-8,10-11H,9H2,1-3H3,(H2,19,25)(H,22,24)(H2,20,21,23). The highest BCUT2D eigenvalue weighted by Crippen LogP contribution is 2.23. The van der Waals surface area contributed by atoms with Crippen molar-refractivity contribution in [3.05, 3.63) is 42.1 Å². The van der Waals surface area contributed by atoms with Crippen molar-refractivity contribution >= 4 is 34.7 Å². The third-order valence-electron chi connectivity index (χ3n) is 3.33. The van der Waals surface area contributed by atoms with Crippen LogP contribution in [0.2, 0.25) is 0 Å². The van der Waals surface area contributed by atoms with Gasteiger partial charge in [-0.15, -0.1) is 0 Å². The average molecular weight is 341 g/mol. The van der Waals surface area contributed by atoms with Crippen molar-refractivity contribution in [3.63, 3.8) is 0 Å². The van der Waals surface area contributed by atoms with Gasteiger partial charge in [-0.1, -0.05) is 19.9 Å². The van der Waals surface area contributed by atoms with E-state index in [4.69, 9.17) is 5.73 Å². The van der Waals surface area contributed by atoms with Gasteiger partial charge in [0.25, 0.3) is 5.91 Å². The lowest BCUT2D eigenvalue weighted by molar-refractivity contribution is -0.114. The van der Waals surface area contributed by atoms with E-state index in [-0.39, 0.29) is 5.91 Å². The number of rotatable bonds is 7. The quantitative estimate of drug-likeness (QED) is 0.619. The molecule has 0 aliphatic carbocycles. The lowest BCUT2D eigenvalue weighted by Gasteiger charge is -2.14. The van der Waals surface area contributed by atoms with Gasteiger partial charge in [0.2, 0.25) is 5.91 Å². The fourth-order valence-electron chi connectivity index (χ4n) is 2.21. The highest BCUT2D eigenvalue weighted by molar-refractivity contribution is 5.98. The molecule has 0 bridgehead atoms. The molecule has 0 unspecified atom stereocenters. The summed E-state index contributed by atoms with van der Waals surface area (Å²) < 4.78 is 0. The van der Waals surface area contributed by atoms with Crippen LogP contribution >= 0.6 is 0 Å². The van der Waals surface area contributed by atoms with Gasteiger partial charge < -0.3 is 21.7 Å². The Morgan fingerprint density at radius 1 is 1.20 bits per heavy atom. The molecule has 0 aliphatic rings. The summed E-state index contributed by atoms with van der Waals surface area (Å²) >= 11 is 0. The maximum atomic E-state index is 11.6. The Morgan fingerprint density at radius 3 is 2.56 bits per heavy atom. The van der Waals surface area contributed by atoms with Crippen molar-refractivity contribution in [2.75, 3.05) is 22.5 Å². The smallest absolute Gasteiger partial charge is 0.252 e. The summed E-state index contributed by atoms with van der Waals surface area (Å²) in [6.07, 6.45) is 1.45. The molecule has 7 nitrogen and oxygen atoms in total. The molecular weight excluding hydrogens is 318 g/mol. The van der Waals surface area contributed by atoms with Crippen LogP contribution in [0, 0.1) is 5.92 Å². The third-order valence-corrected chi connectivity index (χ3v) is 3.33. The summed E-state index contributed by atoms with van der Waals surface area (Å²) in [5.74, 6) is 0.315. The fourth-order valence-corrected chi connectivity index (χ4v) is 2.21. The normalized spacial score (nSPS) is 10.4. The molecule has 0 spiro atoms. The number of amides is 2. The zero-order chi connectivity index (χ0) is 18.4. The molecule has 0 atom stereocenters. The van der Waals surface area contributed by atoms with Crippen molar-refractivity contribution in [1.82, 2.24) is 4.98 Å². The molecule has 0 saturated heterocycles. The Bertz CT molecular complexity index is 774. The summed E-state index contributed by atoms with van der Waals surface area (Å²) in [7, 11) is 0. The predicted octanol–water partition coefficient (Wildman–Crippen LogP) is 2.95. The Labute approximate surface area is 147 Å². The van der Waals surface area contributed by atoms with Gasteiger partial charge in [-0.25, -0.2) is 4.98 Å². The van der Waals surface area contributed by atoms with Gasteiger partial charge in [-0.05, 0) is 24.1 Å². The van der Waals surface area contributed by atoms with Gasteiger partial charge in [0, 0.05) is 37.1 Å². The van der Waals surface area contributed by atoms with Crippen molar-refractivity contribution in [2.24, 2.45) is 11.7 Å². The second-order valence-electron chi connectivity index (χ2n) is 6.14. The number of carbonyl (C=O) groups excluding carboxylic acids is 2. The van der Waals surface area contributed by atoms with Gasteiger partial charge in [0.1, 0.15) is 5.82 Å². The molecule has 5 N–H and O–H groups in total. The molecule has 132 valence electrons. The SMILES string of the molecule is CC(=O)Nc1cccc(Nc2cc(NCC(C)C)c(C(N)=O)cn2)c1. The first-order valence-corrected chi connectivity index (χ1v) is 8.03. The van der Waals surface area contributed by atoms with E-state index in [1.807, 2.05) is 12.1 Å². The lowest BCUT2D eigenvalue weighted by Crippen LogP contribution is -2.17. The van der Waals surface area contributed by atoms with Crippen LogP contribution in [0.4, 0.5) is 22.9 Å². The summed E-state index contributed by atoms with van der Waals surface area (Å²) in [5, 5.41) is 9.10. The molecule has 2 aromatic rings. The minimum Gasteiger partial charge on any atom is -0.384 e. The van der Waals surface area contributed by atoms with E-state index in [0.29, 0.717) is 35.2 Å². The molecule has 2 rings (SSSR count). The number of nitrogens with one attached hydrogen (secondary N) is 3. The molecule has 0 saturated carbocycles. The van der Waals surface area contributed by atoms with Gasteiger partial charge in [0.15, 0.2) is 0 Å². The van der Waals surface area contributed by atoms with Gasteiger partial charge >= 0.3 is 0 Å². The van der Waals surface area contributed by atoms with E-state index >= 15 is 0 Å². The van der Waals surface area contributed by atoms with Gasteiger partial charge in [-0.2, -0.15) is 0 Å². The van der Waals surface area contributed by atoms with Crippen molar-refractivity contribution in [2.45, 2.75) is 20.8 Å². The van der Waals surface area contributed by atoms with Gasteiger partial charge in [-0.3, -0.25) is 9.59 Å². The molecule has 0 radical (unpaired) electrons. The van der Waals surface area contributed by atoms with E-state index < -0.39 is 5.91 Å². The van der Waals surface area contributed by atoms with Crippen LogP contribution in [-0.2, 0) is 4.79 Å². The van der Waals surface area contributed by atoms with Crippen molar-refractivity contribution in [1.29, 1.82) is 0 Å². The number of nitrogens with zero attached hydrogens (tertiary/aromatic N) is 1. The molecule has 1 aromatic heterocycles. The predicted molar refractivity (Wildman–Crippen MR) is 100 cm³/mol. The van der Waals surface area contributed by atoms with Gasteiger partial charge in [0.05, 0.1) is 11.3 Å². The Balaban J connectivity index is 2.23. The number of hydrogen-bond acceptors (Lipinski definition) is 5. The first-order chi connectivity index (χ1) is 11.8. The Hall–Kier alpha value is -3.09. The first kappa shape index (κ1) is 18.3. The largest absolute Gasteiger partial charge is 0.384 e. The van der Waals surface area contributed by atoms with E-state index in [9.17, 15) is 9.59 Å². The second-order valence-corrected chi connectivity index (χ2v) is 6.14. The van der Waals surface area contributed by atoms with Crippen molar-refractivity contribution < 1.29 is 9.59 Å². The summed E-state index contributed by atoms with van der Waals surface area (Å²) in [6, 6.07) is 9.02. The third kappa shape index (κ3) is 5.49. The van der Waals surface area contributed by atoms with Crippen LogP contribution in [0.15, 0.2) is 36.5 Å². The maximum absolute atomic E-state index is 11.6. The minimum absolute atomic E-state index is 0.138. The maximum Gasteiger partial charge on any atom is 0.252 e.